The van der Waals surface area contributed by atoms with Crippen molar-refractivity contribution in [3.63, 3.8) is 0 Å². The zero-order chi connectivity index (χ0) is 14.8. The maximum absolute atomic E-state index is 5.88. The second-order valence-electron chi connectivity index (χ2n) is 6.13. The normalized spacial score (nSPS) is 15.8. The molecule has 0 aliphatic carbocycles. The van der Waals surface area contributed by atoms with E-state index in [1.165, 1.54) is 50.5 Å². The first-order valence-corrected chi connectivity index (χ1v) is 8.25. The van der Waals surface area contributed by atoms with Gasteiger partial charge < -0.3 is 4.74 Å². The average Bonchev–Trinajstić information content (AvgIpc) is 2.50. The zero-order valence-electron chi connectivity index (χ0n) is 13.8. The van der Waals surface area contributed by atoms with E-state index in [0.717, 1.165) is 0 Å². The number of unbranched alkanes of at least 4 members (excludes halogenated alkanes) is 5. The molecule has 0 bridgehead atoms. The molecule has 20 heavy (non-hydrogen) atoms. The number of hydrogen-bond acceptors (Lipinski definition) is 1. The van der Waals surface area contributed by atoms with Gasteiger partial charge >= 0.3 is 0 Å². The molecule has 0 radical (unpaired) electrons. The van der Waals surface area contributed by atoms with Crippen molar-refractivity contribution in [1.82, 2.24) is 0 Å². The minimum Gasteiger partial charge on any atom is -0.374 e. The molecule has 1 rings (SSSR count). The molecule has 0 fully saturated rings. The summed E-state index contributed by atoms with van der Waals surface area (Å²) in [5, 5.41) is 0. The highest BCUT2D eigenvalue weighted by atomic mass is 16.5. The van der Waals surface area contributed by atoms with Crippen molar-refractivity contribution >= 4 is 0 Å². The number of methoxy groups -OCH3 is 1. The van der Waals surface area contributed by atoms with E-state index in [9.17, 15) is 0 Å². The second-order valence-corrected chi connectivity index (χ2v) is 6.13. The van der Waals surface area contributed by atoms with Crippen LogP contribution in [0.3, 0.4) is 0 Å². The molecule has 0 aliphatic rings. The van der Waals surface area contributed by atoms with Crippen molar-refractivity contribution < 1.29 is 4.74 Å². The zero-order valence-corrected chi connectivity index (χ0v) is 13.8. The van der Waals surface area contributed by atoms with Gasteiger partial charge in [0.1, 0.15) is 0 Å². The molecule has 114 valence electrons. The van der Waals surface area contributed by atoms with Gasteiger partial charge in [0.15, 0.2) is 0 Å². The summed E-state index contributed by atoms with van der Waals surface area (Å²) >= 11 is 0. The maximum Gasteiger partial charge on any atom is 0.0924 e. The van der Waals surface area contributed by atoms with Crippen molar-refractivity contribution in [2.45, 2.75) is 71.3 Å². The Morgan fingerprint density at radius 1 is 1.00 bits per heavy atom. The van der Waals surface area contributed by atoms with Crippen LogP contribution in [-0.2, 0) is 10.3 Å². The summed E-state index contributed by atoms with van der Waals surface area (Å²) in [5.74, 6) is 0.543. The Balaban J connectivity index is 2.45. The first kappa shape index (κ1) is 17.2. The SMILES string of the molecule is CCCCCCCCC(C)C(C)(OC)c1ccccc1. The van der Waals surface area contributed by atoms with Gasteiger partial charge in [-0.25, -0.2) is 0 Å². The first-order valence-electron chi connectivity index (χ1n) is 8.25. The monoisotopic (exact) mass is 276 g/mol. The van der Waals surface area contributed by atoms with Crippen LogP contribution in [0.4, 0.5) is 0 Å². The molecule has 1 aromatic carbocycles. The van der Waals surface area contributed by atoms with E-state index in [-0.39, 0.29) is 5.60 Å². The molecule has 1 aromatic rings. The van der Waals surface area contributed by atoms with E-state index in [1.54, 1.807) is 0 Å². The summed E-state index contributed by atoms with van der Waals surface area (Å²) in [6.45, 7) is 6.82. The quantitative estimate of drug-likeness (QED) is 0.481. The van der Waals surface area contributed by atoms with Crippen LogP contribution < -0.4 is 0 Å². The number of hydrogen-bond donors (Lipinski definition) is 0. The van der Waals surface area contributed by atoms with Crippen molar-refractivity contribution in [3.05, 3.63) is 35.9 Å². The largest absolute Gasteiger partial charge is 0.374 e. The number of benzene rings is 1. The van der Waals surface area contributed by atoms with Gasteiger partial charge in [-0.1, -0.05) is 82.7 Å². The third-order valence-electron chi connectivity index (χ3n) is 4.70. The molecule has 0 amide bonds. The Labute approximate surface area is 125 Å². The van der Waals surface area contributed by atoms with Crippen molar-refractivity contribution in [2.24, 2.45) is 5.92 Å². The summed E-state index contributed by atoms with van der Waals surface area (Å²) in [5.41, 5.74) is 1.13. The van der Waals surface area contributed by atoms with Gasteiger partial charge in [0.2, 0.25) is 0 Å². The fourth-order valence-corrected chi connectivity index (χ4v) is 2.88. The van der Waals surface area contributed by atoms with E-state index in [1.807, 2.05) is 7.11 Å². The van der Waals surface area contributed by atoms with Crippen molar-refractivity contribution in [3.8, 4) is 0 Å². The van der Waals surface area contributed by atoms with E-state index < -0.39 is 0 Å². The van der Waals surface area contributed by atoms with Crippen LogP contribution in [0.1, 0.15) is 71.3 Å². The lowest BCUT2D eigenvalue weighted by molar-refractivity contribution is -0.0465. The van der Waals surface area contributed by atoms with Crippen molar-refractivity contribution in [1.29, 1.82) is 0 Å². The topological polar surface area (TPSA) is 9.23 Å². The highest BCUT2D eigenvalue weighted by molar-refractivity contribution is 5.22. The predicted molar refractivity (Wildman–Crippen MR) is 88.0 cm³/mol. The lowest BCUT2D eigenvalue weighted by atomic mass is 9.81. The fourth-order valence-electron chi connectivity index (χ4n) is 2.88. The Morgan fingerprint density at radius 3 is 2.20 bits per heavy atom. The smallest absolute Gasteiger partial charge is 0.0924 e. The van der Waals surface area contributed by atoms with Gasteiger partial charge in [-0.2, -0.15) is 0 Å². The van der Waals surface area contributed by atoms with Gasteiger partial charge in [-0.05, 0) is 24.8 Å². The van der Waals surface area contributed by atoms with Crippen LogP contribution in [0.15, 0.2) is 30.3 Å². The molecule has 1 heteroatoms. The fraction of sp³-hybridized carbons (Fsp3) is 0.684. The van der Waals surface area contributed by atoms with E-state index in [0.29, 0.717) is 5.92 Å². The van der Waals surface area contributed by atoms with Gasteiger partial charge in [-0.3, -0.25) is 0 Å². The highest BCUT2D eigenvalue weighted by Gasteiger charge is 2.32. The van der Waals surface area contributed by atoms with Crippen LogP contribution in [0, 0.1) is 5.92 Å². The molecule has 2 unspecified atom stereocenters. The molecule has 0 aromatic heterocycles. The molecular formula is C19H32O. The molecule has 0 heterocycles. The van der Waals surface area contributed by atoms with Gasteiger partial charge in [0.05, 0.1) is 5.60 Å². The second kappa shape index (κ2) is 9.18. The molecule has 0 N–H and O–H groups in total. The van der Waals surface area contributed by atoms with Crippen LogP contribution in [0.25, 0.3) is 0 Å². The van der Waals surface area contributed by atoms with Crippen LogP contribution >= 0.6 is 0 Å². The molecule has 0 aliphatic heterocycles. The third kappa shape index (κ3) is 4.94. The minimum atomic E-state index is -0.162. The average molecular weight is 276 g/mol. The molecule has 0 saturated carbocycles. The van der Waals surface area contributed by atoms with Crippen LogP contribution in [-0.4, -0.2) is 7.11 Å². The predicted octanol–water partition coefficient (Wildman–Crippen LogP) is 5.93. The summed E-state index contributed by atoms with van der Waals surface area (Å²) in [6.07, 6.45) is 9.41. The summed E-state index contributed by atoms with van der Waals surface area (Å²) in [4.78, 5) is 0. The first-order chi connectivity index (χ1) is 9.65. The summed E-state index contributed by atoms with van der Waals surface area (Å²) < 4.78 is 5.88. The standard InChI is InChI=1S/C19H32O/c1-5-6-7-8-9-11-14-17(2)19(3,20-4)18-15-12-10-13-16-18/h10,12-13,15-17H,5-9,11,14H2,1-4H3. The molecule has 2 atom stereocenters. The lowest BCUT2D eigenvalue weighted by Gasteiger charge is -2.35. The molecule has 1 nitrogen and oxygen atoms in total. The summed E-state index contributed by atoms with van der Waals surface area (Å²) in [6, 6.07) is 10.6. The van der Waals surface area contributed by atoms with Gasteiger partial charge in [-0.15, -0.1) is 0 Å². The Bertz CT molecular complexity index is 346. The van der Waals surface area contributed by atoms with Crippen LogP contribution in [0.2, 0.25) is 0 Å². The summed E-state index contributed by atoms with van der Waals surface area (Å²) in [7, 11) is 1.84. The minimum absolute atomic E-state index is 0.162. The number of rotatable bonds is 10. The Morgan fingerprint density at radius 2 is 1.60 bits per heavy atom. The Hall–Kier alpha value is -0.820. The Kier molecular flexibility index (Phi) is 7.91. The van der Waals surface area contributed by atoms with Crippen LogP contribution in [0.5, 0.6) is 0 Å². The molecular weight excluding hydrogens is 244 g/mol. The van der Waals surface area contributed by atoms with E-state index >= 15 is 0 Å². The van der Waals surface area contributed by atoms with E-state index in [4.69, 9.17) is 4.74 Å². The highest BCUT2D eigenvalue weighted by Crippen LogP contribution is 2.35. The van der Waals surface area contributed by atoms with E-state index in [2.05, 4.69) is 51.1 Å². The molecule has 0 spiro atoms. The maximum atomic E-state index is 5.88. The van der Waals surface area contributed by atoms with Gasteiger partial charge in [0, 0.05) is 7.11 Å². The van der Waals surface area contributed by atoms with Crippen molar-refractivity contribution in [2.75, 3.05) is 7.11 Å². The third-order valence-corrected chi connectivity index (χ3v) is 4.70. The van der Waals surface area contributed by atoms with Gasteiger partial charge in [0.25, 0.3) is 0 Å². The molecule has 0 saturated heterocycles. The lowest BCUT2D eigenvalue weighted by Crippen LogP contribution is -2.32. The number of ether oxygens (including phenoxy) is 1.